The number of amides is 3. The smallest absolute Gasteiger partial charge is 0.323 e. The molecule has 0 aromatic carbocycles. The predicted octanol–water partition coefficient (Wildman–Crippen LogP) is 1.08. The van der Waals surface area contributed by atoms with Crippen molar-refractivity contribution in [2.75, 3.05) is 0 Å². The molecule has 0 fully saturated rings. The molecule has 0 spiro atoms. The second kappa shape index (κ2) is 6.03. The Kier molecular flexibility index (Phi) is 3.80. The number of thiophene rings is 1. The van der Waals surface area contributed by atoms with E-state index in [2.05, 4.69) is 27.5 Å². The summed E-state index contributed by atoms with van der Waals surface area (Å²) < 4.78 is 0.905. The van der Waals surface area contributed by atoms with Crippen LogP contribution in [-0.4, -0.2) is 16.9 Å². The van der Waals surface area contributed by atoms with Crippen molar-refractivity contribution in [1.29, 1.82) is 0 Å². The Morgan fingerprint density at radius 1 is 1.35 bits per heavy atom. The van der Waals surface area contributed by atoms with Crippen LogP contribution in [0.4, 0.5) is 4.79 Å². The standard InChI is InChI=1S/C17H17N5O3S/c1-7-12(18)13(22-17(25)20-7)16(24)21-9-4-2-3-8-11-10(26-14(8)9)5-6-19-15(11)23/h5-6,9H,1-4,18H2,(H,19,23)(H,21,24)(H2,20,22,25). The highest BCUT2D eigenvalue weighted by atomic mass is 32.1. The quantitative estimate of drug-likeness (QED) is 0.541. The van der Waals surface area contributed by atoms with E-state index in [4.69, 9.17) is 5.73 Å². The number of hydrogen-bond acceptors (Lipinski definition) is 5. The van der Waals surface area contributed by atoms with Crippen LogP contribution in [0.3, 0.4) is 0 Å². The topological polar surface area (TPSA) is 129 Å². The first-order valence-electron chi connectivity index (χ1n) is 8.16. The second-order valence-corrected chi connectivity index (χ2v) is 7.34. The van der Waals surface area contributed by atoms with Gasteiger partial charge in [0.25, 0.3) is 11.5 Å². The van der Waals surface area contributed by atoms with Gasteiger partial charge in [0.05, 0.1) is 22.8 Å². The zero-order valence-corrected chi connectivity index (χ0v) is 14.6. The van der Waals surface area contributed by atoms with Crippen molar-refractivity contribution in [3.63, 3.8) is 0 Å². The van der Waals surface area contributed by atoms with Gasteiger partial charge in [0.15, 0.2) is 0 Å². The van der Waals surface area contributed by atoms with E-state index in [1.807, 2.05) is 6.07 Å². The number of carbonyl (C=O) groups excluding carboxylic acids is 2. The van der Waals surface area contributed by atoms with Gasteiger partial charge < -0.3 is 26.7 Å². The summed E-state index contributed by atoms with van der Waals surface area (Å²) in [5, 5.41) is 8.48. The van der Waals surface area contributed by atoms with Crippen molar-refractivity contribution >= 4 is 33.4 Å². The summed E-state index contributed by atoms with van der Waals surface area (Å²) in [5.74, 6) is -0.470. The van der Waals surface area contributed by atoms with E-state index in [1.54, 1.807) is 6.20 Å². The third-order valence-corrected chi connectivity index (χ3v) is 5.92. The molecule has 0 radical (unpaired) electrons. The molecular formula is C17H17N5O3S. The zero-order chi connectivity index (χ0) is 18.4. The monoisotopic (exact) mass is 371 g/mol. The molecule has 134 valence electrons. The highest BCUT2D eigenvalue weighted by molar-refractivity contribution is 7.19. The lowest BCUT2D eigenvalue weighted by molar-refractivity contribution is -0.118. The number of aromatic amines is 1. The average molecular weight is 371 g/mol. The first-order valence-corrected chi connectivity index (χ1v) is 8.98. The third-order valence-electron chi connectivity index (χ3n) is 4.61. The summed E-state index contributed by atoms with van der Waals surface area (Å²) in [6, 6.07) is 1.09. The number of H-pyrrole nitrogens is 1. The molecule has 3 heterocycles. The maximum Gasteiger partial charge on any atom is 0.323 e. The molecule has 3 amide bonds. The Morgan fingerprint density at radius 3 is 2.96 bits per heavy atom. The predicted molar refractivity (Wildman–Crippen MR) is 98.3 cm³/mol. The fraction of sp³-hybridized carbons (Fsp3) is 0.235. The number of pyridine rings is 1. The van der Waals surface area contributed by atoms with Gasteiger partial charge in [-0.25, -0.2) is 4.79 Å². The van der Waals surface area contributed by atoms with Crippen LogP contribution in [0.5, 0.6) is 0 Å². The van der Waals surface area contributed by atoms with E-state index in [0.29, 0.717) is 5.39 Å². The molecule has 2 aromatic heterocycles. The number of nitrogens with two attached hydrogens (primary N) is 1. The van der Waals surface area contributed by atoms with Gasteiger partial charge in [0.2, 0.25) is 0 Å². The molecule has 2 aliphatic rings. The minimum absolute atomic E-state index is 0.00941. The fourth-order valence-corrected chi connectivity index (χ4v) is 4.73. The fourth-order valence-electron chi connectivity index (χ4n) is 3.39. The third kappa shape index (κ3) is 2.57. The molecule has 1 aliphatic carbocycles. The van der Waals surface area contributed by atoms with Gasteiger partial charge >= 0.3 is 6.03 Å². The second-order valence-electron chi connectivity index (χ2n) is 6.26. The van der Waals surface area contributed by atoms with Crippen LogP contribution in [0, 0.1) is 0 Å². The number of nitrogens with one attached hydrogen (secondary N) is 4. The van der Waals surface area contributed by atoms with E-state index in [-0.39, 0.29) is 28.7 Å². The summed E-state index contributed by atoms with van der Waals surface area (Å²) in [6.07, 6.45) is 4.04. The molecule has 9 heteroatoms. The summed E-state index contributed by atoms with van der Waals surface area (Å²) in [4.78, 5) is 40.1. The lowest BCUT2D eigenvalue weighted by Gasteiger charge is -2.26. The van der Waals surface area contributed by atoms with E-state index >= 15 is 0 Å². The van der Waals surface area contributed by atoms with Gasteiger partial charge in [-0.1, -0.05) is 6.58 Å². The van der Waals surface area contributed by atoms with Crippen LogP contribution in [0.2, 0.25) is 0 Å². The van der Waals surface area contributed by atoms with Gasteiger partial charge in [-0.15, -0.1) is 11.3 Å². The number of fused-ring (bicyclic) bond motifs is 3. The molecule has 2 aromatic rings. The van der Waals surface area contributed by atoms with Crippen LogP contribution < -0.4 is 27.2 Å². The molecule has 26 heavy (non-hydrogen) atoms. The molecule has 0 saturated carbocycles. The Labute approximate surface area is 152 Å². The number of urea groups is 1. The van der Waals surface area contributed by atoms with E-state index < -0.39 is 11.9 Å². The molecule has 1 aliphatic heterocycles. The van der Waals surface area contributed by atoms with E-state index in [0.717, 1.165) is 34.4 Å². The average Bonchev–Trinajstić information content (AvgIpc) is 2.99. The molecular weight excluding hydrogens is 354 g/mol. The maximum absolute atomic E-state index is 12.7. The highest BCUT2D eigenvalue weighted by Crippen LogP contribution is 2.39. The van der Waals surface area contributed by atoms with Crippen molar-refractivity contribution in [2.24, 2.45) is 5.73 Å². The normalized spacial score (nSPS) is 19.8. The van der Waals surface area contributed by atoms with Crippen molar-refractivity contribution in [1.82, 2.24) is 20.9 Å². The van der Waals surface area contributed by atoms with Crippen molar-refractivity contribution < 1.29 is 9.59 Å². The number of aromatic nitrogens is 1. The van der Waals surface area contributed by atoms with E-state index in [1.165, 1.54) is 11.3 Å². The lowest BCUT2D eigenvalue weighted by atomic mass is 9.93. The molecule has 1 atom stereocenters. The molecule has 8 nitrogen and oxygen atoms in total. The number of hydrogen-bond donors (Lipinski definition) is 5. The van der Waals surface area contributed by atoms with Crippen molar-refractivity contribution in [3.8, 4) is 0 Å². The SMILES string of the molecule is C=C1NC(=O)NC(C(=O)NC2CCCc3c2sc2cc[nH]c(=O)c32)=C1N. The van der Waals surface area contributed by atoms with Crippen LogP contribution >= 0.6 is 11.3 Å². The largest absolute Gasteiger partial charge is 0.395 e. The molecule has 0 bridgehead atoms. The van der Waals surface area contributed by atoms with Crippen molar-refractivity contribution in [3.05, 3.63) is 56.7 Å². The van der Waals surface area contributed by atoms with Gasteiger partial charge in [-0.05, 0) is 30.9 Å². The zero-order valence-electron chi connectivity index (χ0n) is 13.8. The van der Waals surface area contributed by atoms with Gasteiger partial charge in [0, 0.05) is 15.8 Å². The minimum atomic E-state index is -0.549. The molecule has 0 saturated heterocycles. The molecule has 4 rings (SSSR count). The van der Waals surface area contributed by atoms with E-state index in [9.17, 15) is 14.4 Å². The van der Waals surface area contributed by atoms with Crippen LogP contribution in [0.25, 0.3) is 10.1 Å². The first kappa shape index (κ1) is 16.4. The lowest BCUT2D eigenvalue weighted by Crippen LogP contribution is -2.47. The number of rotatable bonds is 2. The van der Waals surface area contributed by atoms with Gasteiger partial charge in [-0.2, -0.15) is 0 Å². The Balaban J connectivity index is 1.68. The minimum Gasteiger partial charge on any atom is -0.395 e. The van der Waals surface area contributed by atoms with Crippen LogP contribution in [0.15, 0.2) is 40.7 Å². The Bertz CT molecular complexity index is 1050. The van der Waals surface area contributed by atoms with Crippen LogP contribution in [-0.2, 0) is 11.2 Å². The van der Waals surface area contributed by atoms with Gasteiger partial charge in [-0.3, -0.25) is 9.59 Å². The summed E-state index contributed by atoms with van der Waals surface area (Å²) >= 11 is 1.51. The summed E-state index contributed by atoms with van der Waals surface area (Å²) in [5.41, 5.74) is 7.03. The number of carbonyl (C=O) groups is 2. The highest BCUT2D eigenvalue weighted by Gasteiger charge is 2.30. The Morgan fingerprint density at radius 2 is 2.15 bits per heavy atom. The van der Waals surface area contributed by atoms with Crippen LogP contribution in [0.1, 0.15) is 29.3 Å². The summed E-state index contributed by atoms with van der Waals surface area (Å²) in [7, 11) is 0. The van der Waals surface area contributed by atoms with Crippen molar-refractivity contribution in [2.45, 2.75) is 25.3 Å². The number of aryl methyl sites for hydroxylation is 1. The van der Waals surface area contributed by atoms with Gasteiger partial charge in [0.1, 0.15) is 5.70 Å². The Hall–Kier alpha value is -3.07. The molecule has 1 unspecified atom stereocenters. The maximum atomic E-state index is 12.7. The molecule has 6 N–H and O–H groups in total. The first-order chi connectivity index (χ1) is 12.5. The summed E-state index contributed by atoms with van der Waals surface area (Å²) in [6.45, 7) is 3.63.